The lowest BCUT2D eigenvalue weighted by Crippen LogP contribution is -2.07. The first kappa shape index (κ1) is 9.24. The van der Waals surface area contributed by atoms with Crippen LogP contribution in [-0.2, 0) is 9.53 Å². The van der Waals surface area contributed by atoms with E-state index in [0.717, 1.165) is 0 Å². The highest BCUT2D eigenvalue weighted by Crippen LogP contribution is 1.81. The molecule has 0 bridgehead atoms. The van der Waals surface area contributed by atoms with Crippen LogP contribution in [-0.4, -0.2) is 36.0 Å². The van der Waals surface area contributed by atoms with Crippen LogP contribution in [0.3, 0.4) is 0 Å². The first-order valence-electron chi connectivity index (χ1n) is 3.56. The molecule has 70 valence electrons. The van der Waals surface area contributed by atoms with Crippen LogP contribution in [0.15, 0.2) is 16.0 Å². The average molecular weight is 183 g/mol. The quantitative estimate of drug-likeness (QED) is 0.479. The Morgan fingerprint density at radius 1 is 1.77 bits per heavy atom. The predicted molar refractivity (Wildman–Crippen MR) is 45.9 cm³/mol. The molecule has 13 heavy (non-hydrogen) atoms. The fourth-order valence-electron chi connectivity index (χ4n) is 0.696. The molecule has 0 aliphatic heterocycles. The Kier molecular flexibility index (Phi) is 3.02. The molecule has 2 N–H and O–H groups in total. The van der Waals surface area contributed by atoms with Gasteiger partial charge in [-0.3, -0.25) is 19.7 Å². The van der Waals surface area contributed by atoms with E-state index in [1.807, 2.05) is 0 Å². The molecule has 0 saturated carbocycles. The summed E-state index contributed by atoms with van der Waals surface area (Å²) in [7, 11) is 1.28. The Hall–Kier alpha value is -1.85. The molecule has 6 nitrogen and oxygen atoms in total. The van der Waals surface area contributed by atoms with Crippen molar-refractivity contribution in [2.45, 2.75) is 0 Å². The number of hydrogen-bond acceptors (Lipinski definition) is 4. The predicted octanol–water partition coefficient (Wildman–Crippen LogP) is -0.705. The van der Waals surface area contributed by atoms with Crippen molar-refractivity contribution in [2.24, 2.45) is 4.99 Å². The van der Waals surface area contributed by atoms with E-state index in [4.69, 9.17) is 0 Å². The summed E-state index contributed by atoms with van der Waals surface area (Å²) in [6.45, 7) is -0.0822. The molecule has 1 aromatic rings. The molecular weight excluding hydrogens is 174 g/mol. The summed E-state index contributed by atoms with van der Waals surface area (Å²) in [4.78, 5) is 25.2. The van der Waals surface area contributed by atoms with E-state index in [1.54, 1.807) is 0 Å². The number of methoxy groups -OCH3 is 1. The summed E-state index contributed by atoms with van der Waals surface area (Å²) < 4.78 is 4.35. The van der Waals surface area contributed by atoms with Gasteiger partial charge in [0.2, 0.25) is 0 Å². The fraction of sp³-hybridized carbons (Fsp3) is 0.286. The number of carbonyl (C=O) groups excluding carboxylic acids is 1. The van der Waals surface area contributed by atoms with Crippen molar-refractivity contribution in [2.75, 3.05) is 13.7 Å². The van der Waals surface area contributed by atoms with Gasteiger partial charge in [0.05, 0.1) is 12.7 Å². The van der Waals surface area contributed by atoms with E-state index in [9.17, 15) is 9.59 Å². The summed E-state index contributed by atoms with van der Waals surface area (Å²) >= 11 is 0. The zero-order valence-corrected chi connectivity index (χ0v) is 7.03. The van der Waals surface area contributed by atoms with Crippen molar-refractivity contribution < 1.29 is 9.53 Å². The van der Waals surface area contributed by atoms with E-state index in [-0.39, 0.29) is 12.1 Å². The van der Waals surface area contributed by atoms with Crippen LogP contribution >= 0.6 is 0 Å². The molecule has 0 aliphatic carbocycles. The van der Waals surface area contributed by atoms with Crippen molar-refractivity contribution in [3.8, 4) is 0 Å². The SMILES string of the molecule is COC(=O)CN=Cc1c[nH][nH]c1=O. The Morgan fingerprint density at radius 2 is 2.54 bits per heavy atom. The van der Waals surface area contributed by atoms with E-state index in [1.165, 1.54) is 19.5 Å². The van der Waals surface area contributed by atoms with Crippen LogP contribution in [0.25, 0.3) is 0 Å². The second-order valence-electron chi connectivity index (χ2n) is 2.24. The van der Waals surface area contributed by atoms with Gasteiger partial charge in [-0.15, -0.1) is 0 Å². The maximum atomic E-state index is 10.9. The number of carbonyl (C=O) groups is 1. The summed E-state index contributed by atoms with van der Waals surface area (Å²) in [6.07, 6.45) is 2.77. The van der Waals surface area contributed by atoms with Gasteiger partial charge in [0.15, 0.2) is 0 Å². The van der Waals surface area contributed by atoms with Crippen molar-refractivity contribution >= 4 is 12.2 Å². The van der Waals surface area contributed by atoms with Gasteiger partial charge in [-0.1, -0.05) is 0 Å². The molecule has 0 aliphatic rings. The third-order valence-corrected chi connectivity index (χ3v) is 1.35. The van der Waals surface area contributed by atoms with Crippen LogP contribution in [0.4, 0.5) is 0 Å². The number of hydrogen-bond donors (Lipinski definition) is 2. The van der Waals surface area contributed by atoms with Crippen molar-refractivity contribution in [3.05, 3.63) is 22.1 Å². The Labute approximate surface area is 73.6 Å². The third-order valence-electron chi connectivity index (χ3n) is 1.35. The number of nitrogens with zero attached hydrogens (tertiary/aromatic N) is 1. The summed E-state index contributed by atoms with van der Waals surface area (Å²) in [5, 5.41) is 4.84. The van der Waals surface area contributed by atoms with Crippen LogP contribution in [0.2, 0.25) is 0 Å². The Morgan fingerprint density at radius 3 is 3.08 bits per heavy atom. The van der Waals surface area contributed by atoms with Crippen molar-refractivity contribution in [1.82, 2.24) is 10.2 Å². The minimum absolute atomic E-state index is 0.0822. The highest BCUT2D eigenvalue weighted by atomic mass is 16.5. The lowest BCUT2D eigenvalue weighted by molar-refractivity contribution is -0.138. The second-order valence-corrected chi connectivity index (χ2v) is 2.24. The number of esters is 1. The molecule has 1 rings (SSSR count). The van der Waals surface area contributed by atoms with Gasteiger partial charge in [0.1, 0.15) is 6.54 Å². The molecular formula is C7H9N3O3. The number of nitrogens with one attached hydrogen (secondary N) is 2. The second kappa shape index (κ2) is 4.24. The highest BCUT2D eigenvalue weighted by Gasteiger charge is 1.97. The molecule has 0 atom stereocenters. The lowest BCUT2D eigenvalue weighted by Gasteiger charge is -1.90. The van der Waals surface area contributed by atoms with E-state index in [2.05, 4.69) is 19.9 Å². The largest absolute Gasteiger partial charge is 0.468 e. The van der Waals surface area contributed by atoms with Crippen LogP contribution < -0.4 is 5.56 Å². The number of aliphatic imine (C=N–C) groups is 1. The summed E-state index contributed by atoms with van der Waals surface area (Å²) in [5.74, 6) is -0.441. The van der Waals surface area contributed by atoms with E-state index >= 15 is 0 Å². The molecule has 0 aromatic carbocycles. The third kappa shape index (κ3) is 2.58. The molecule has 1 aromatic heterocycles. The molecule has 0 amide bonds. The van der Waals surface area contributed by atoms with Gasteiger partial charge in [0.25, 0.3) is 5.56 Å². The molecule has 0 saturated heterocycles. The van der Waals surface area contributed by atoms with E-state index in [0.29, 0.717) is 5.56 Å². The van der Waals surface area contributed by atoms with Crippen LogP contribution in [0.5, 0.6) is 0 Å². The van der Waals surface area contributed by atoms with Crippen LogP contribution in [0.1, 0.15) is 5.56 Å². The van der Waals surface area contributed by atoms with E-state index < -0.39 is 5.97 Å². The zero-order chi connectivity index (χ0) is 9.68. The van der Waals surface area contributed by atoms with Crippen LogP contribution in [0, 0.1) is 0 Å². The van der Waals surface area contributed by atoms with Gasteiger partial charge in [-0.25, -0.2) is 0 Å². The smallest absolute Gasteiger partial charge is 0.327 e. The summed E-state index contributed by atoms with van der Waals surface area (Å²) in [5.41, 5.74) is 0.109. The molecule has 0 spiro atoms. The molecule has 0 unspecified atom stereocenters. The normalized spacial score (nSPS) is 10.5. The number of H-pyrrole nitrogens is 2. The standard InChI is InChI=1S/C7H9N3O3/c1-13-6(11)4-8-2-5-3-9-10-7(5)12/h2-3H,4H2,1H3,(H2,9,10,12). The number of ether oxygens (including phenoxy) is 1. The Balaban J connectivity index is 2.55. The first-order chi connectivity index (χ1) is 6.24. The van der Waals surface area contributed by atoms with Gasteiger partial charge in [-0.05, 0) is 0 Å². The maximum Gasteiger partial charge on any atom is 0.327 e. The van der Waals surface area contributed by atoms with Gasteiger partial charge >= 0.3 is 5.97 Å². The number of aromatic amines is 2. The molecule has 1 heterocycles. The zero-order valence-electron chi connectivity index (χ0n) is 7.03. The van der Waals surface area contributed by atoms with Gasteiger partial charge in [-0.2, -0.15) is 0 Å². The molecule has 6 heteroatoms. The minimum atomic E-state index is -0.441. The van der Waals surface area contributed by atoms with Gasteiger partial charge < -0.3 is 9.84 Å². The molecule has 0 radical (unpaired) electrons. The summed E-state index contributed by atoms with van der Waals surface area (Å²) in [6, 6.07) is 0. The number of rotatable bonds is 3. The number of aromatic nitrogens is 2. The first-order valence-corrected chi connectivity index (χ1v) is 3.56. The monoisotopic (exact) mass is 183 g/mol. The Bertz CT molecular complexity index is 363. The fourth-order valence-corrected chi connectivity index (χ4v) is 0.696. The highest BCUT2D eigenvalue weighted by molar-refractivity contribution is 5.81. The minimum Gasteiger partial charge on any atom is -0.468 e. The molecule has 0 fully saturated rings. The topological polar surface area (TPSA) is 87.3 Å². The lowest BCUT2D eigenvalue weighted by atomic mass is 10.4. The van der Waals surface area contributed by atoms with Crippen molar-refractivity contribution in [1.29, 1.82) is 0 Å². The average Bonchev–Trinajstić information content (AvgIpc) is 2.52. The maximum absolute atomic E-state index is 10.9. The van der Waals surface area contributed by atoms with Gasteiger partial charge in [0, 0.05) is 12.4 Å². The van der Waals surface area contributed by atoms with Crippen molar-refractivity contribution in [3.63, 3.8) is 0 Å².